The summed E-state index contributed by atoms with van der Waals surface area (Å²) in [6, 6.07) is 0.552. The molecule has 0 aromatic heterocycles. The lowest BCUT2D eigenvalue weighted by Crippen LogP contribution is -2.33. The third-order valence-corrected chi connectivity index (χ3v) is 2.71. The van der Waals surface area contributed by atoms with Gasteiger partial charge in [-0.05, 0) is 32.9 Å². The fourth-order valence-electron chi connectivity index (χ4n) is 1.82. The first-order valence-electron chi connectivity index (χ1n) is 4.38. The van der Waals surface area contributed by atoms with Crippen LogP contribution in [-0.2, 0) is 4.74 Å². The van der Waals surface area contributed by atoms with Gasteiger partial charge < -0.3 is 9.64 Å². The van der Waals surface area contributed by atoms with Gasteiger partial charge >= 0.3 is 0 Å². The summed E-state index contributed by atoms with van der Waals surface area (Å²) in [5.74, 6) is 0. The molecule has 0 aliphatic carbocycles. The van der Waals surface area contributed by atoms with Gasteiger partial charge in [-0.25, -0.2) is 0 Å². The third kappa shape index (κ3) is 1.06. The van der Waals surface area contributed by atoms with E-state index in [1.807, 2.05) is 0 Å². The van der Waals surface area contributed by atoms with E-state index >= 15 is 0 Å². The van der Waals surface area contributed by atoms with Crippen molar-refractivity contribution in [2.24, 2.45) is 0 Å². The van der Waals surface area contributed by atoms with Gasteiger partial charge in [-0.3, -0.25) is 0 Å². The van der Waals surface area contributed by atoms with Gasteiger partial charge in [0.2, 0.25) is 0 Å². The van der Waals surface area contributed by atoms with Crippen LogP contribution < -0.4 is 0 Å². The zero-order valence-electron chi connectivity index (χ0n) is 7.16. The number of nitrogens with zero attached hydrogens (tertiary/aromatic N) is 1. The van der Waals surface area contributed by atoms with Crippen LogP contribution in [0.5, 0.6) is 0 Å². The number of hydrogen-bond acceptors (Lipinski definition) is 2. The largest absolute Gasteiger partial charge is 0.353 e. The summed E-state index contributed by atoms with van der Waals surface area (Å²) >= 11 is 0. The maximum absolute atomic E-state index is 5.75. The highest BCUT2D eigenvalue weighted by Gasteiger charge is 2.35. The number of rotatable bonds is 0. The van der Waals surface area contributed by atoms with Crippen molar-refractivity contribution < 1.29 is 4.74 Å². The summed E-state index contributed by atoms with van der Waals surface area (Å²) < 4.78 is 5.75. The summed E-state index contributed by atoms with van der Waals surface area (Å²) in [4.78, 5) is 2.33. The van der Waals surface area contributed by atoms with Crippen molar-refractivity contribution >= 4 is 0 Å². The molecular weight excluding hydrogens is 138 g/mol. The lowest BCUT2D eigenvalue weighted by Gasteiger charge is -2.27. The molecule has 0 bridgehead atoms. The summed E-state index contributed by atoms with van der Waals surface area (Å²) in [6.45, 7) is 4.37. The molecule has 0 saturated carbocycles. The fraction of sp³-hybridized carbons (Fsp3) is 0.778. The molecule has 11 heavy (non-hydrogen) atoms. The molecule has 0 N–H and O–H groups in total. The first-order valence-corrected chi connectivity index (χ1v) is 4.38. The van der Waals surface area contributed by atoms with Crippen molar-refractivity contribution in [2.75, 3.05) is 0 Å². The lowest BCUT2D eigenvalue weighted by atomic mass is 10.1. The van der Waals surface area contributed by atoms with E-state index in [1.54, 1.807) is 0 Å². The van der Waals surface area contributed by atoms with Gasteiger partial charge in [0.15, 0.2) is 0 Å². The van der Waals surface area contributed by atoms with E-state index in [0.29, 0.717) is 18.4 Å². The third-order valence-electron chi connectivity index (χ3n) is 2.71. The number of fused-ring (bicyclic) bond motifs is 1. The molecule has 2 aliphatic rings. The molecule has 0 aromatic rings. The quantitative estimate of drug-likeness (QED) is 0.525. The Hall–Kier alpha value is -0.500. The van der Waals surface area contributed by atoms with Crippen LogP contribution in [0.25, 0.3) is 0 Å². The molecule has 0 radical (unpaired) electrons. The van der Waals surface area contributed by atoms with Gasteiger partial charge in [0, 0.05) is 0 Å². The molecule has 1 fully saturated rings. The van der Waals surface area contributed by atoms with Gasteiger partial charge in [0.1, 0.15) is 6.23 Å². The molecule has 0 aromatic carbocycles. The Morgan fingerprint density at radius 2 is 2.27 bits per heavy atom. The van der Waals surface area contributed by atoms with Crippen molar-refractivity contribution in [3.63, 3.8) is 0 Å². The zero-order valence-corrected chi connectivity index (χ0v) is 7.16. The Balaban J connectivity index is 2.15. The van der Waals surface area contributed by atoms with Crippen LogP contribution in [0.2, 0.25) is 0 Å². The second kappa shape index (κ2) is 2.52. The van der Waals surface area contributed by atoms with Crippen molar-refractivity contribution in [3.8, 4) is 0 Å². The van der Waals surface area contributed by atoms with Gasteiger partial charge in [-0.2, -0.15) is 0 Å². The molecule has 62 valence electrons. The standard InChI is InChI=1S/C9H15NO/c1-7-8(2)11-9-5-3-4-6-10(7)9/h4,6-9H,3,5H2,1-2H3/t7-,8-,9+/m0/s1. The minimum absolute atomic E-state index is 0.366. The Morgan fingerprint density at radius 1 is 1.45 bits per heavy atom. The van der Waals surface area contributed by atoms with Crippen molar-refractivity contribution in [1.29, 1.82) is 0 Å². The summed E-state index contributed by atoms with van der Waals surface area (Å²) in [5, 5.41) is 0. The normalized spacial score (nSPS) is 42.7. The van der Waals surface area contributed by atoms with Crippen molar-refractivity contribution in [2.45, 2.75) is 45.1 Å². The van der Waals surface area contributed by atoms with Crippen molar-refractivity contribution in [3.05, 3.63) is 12.3 Å². The lowest BCUT2D eigenvalue weighted by molar-refractivity contribution is 0.0122. The highest BCUT2D eigenvalue weighted by Crippen LogP contribution is 2.28. The molecule has 1 saturated heterocycles. The highest BCUT2D eigenvalue weighted by molar-refractivity contribution is 4.97. The van der Waals surface area contributed by atoms with Crippen LogP contribution in [0.15, 0.2) is 12.3 Å². The Labute approximate surface area is 67.8 Å². The fourth-order valence-corrected chi connectivity index (χ4v) is 1.82. The van der Waals surface area contributed by atoms with Gasteiger partial charge in [-0.15, -0.1) is 0 Å². The number of allylic oxidation sites excluding steroid dienone is 1. The Bertz CT molecular complexity index is 178. The molecule has 0 spiro atoms. The molecule has 0 amide bonds. The predicted molar refractivity (Wildman–Crippen MR) is 44.0 cm³/mol. The van der Waals surface area contributed by atoms with E-state index in [-0.39, 0.29) is 0 Å². The van der Waals surface area contributed by atoms with Crippen molar-refractivity contribution in [1.82, 2.24) is 4.90 Å². The molecule has 2 nitrogen and oxygen atoms in total. The van der Waals surface area contributed by atoms with Gasteiger partial charge in [0.05, 0.1) is 12.1 Å². The molecule has 3 atom stereocenters. The van der Waals surface area contributed by atoms with Crippen LogP contribution in [0.1, 0.15) is 26.7 Å². The molecular formula is C9H15NO. The second-order valence-corrected chi connectivity index (χ2v) is 3.45. The van der Waals surface area contributed by atoms with Gasteiger partial charge in [-0.1, -0.05) is 6.08 Å². The van der Waals surface area contributed by atoms with Crippen LogP contribution >= 0.6 is 0 Å². The van der Waals surface area contributed by atoms with E-state index < -0.39 is 0 Å². The Morgan fingerprint density at radius 3 is 3.00 bits per heavy atom. The monoisotopic (exact) mass is 153 g/mol. The van der Waals surface area contributed by atoms with E-state index in [2.05, 4.69) is 31.0 Å². The second-order valence-electron chi connectivity index (χ2n) is 3.45. The van der Waals surface area contributed by atoms with Crippen LogP contribution in [-0.4, -0.2) is 23.3 Å². The first-order chi connectivity index (χ1) is 5.29. The Kier molecular flexibility index (Phi) is 1.64. The molecule has 2 heteroatoms. The maximum atomic E-state index is 5.75. The van der Waals surface area contributed by atoms with Gasteiger partial charge in [0.25, 0.3) is 0 Å². The van der Waals surface area contributed by atoms with E-state index in [9.17, 15) is 0 Å². The number of ether oxygens (including phenoxy) is 1. The smallest absolute Gasteiger partial charge is 0.130 e. The minimum Gasteiger partial charge on any atom is -0.353 e. The van der Waals surface area contributed by atoms with Crippen LogP contribution in [0, 0.1) is 0 Å². The summed E-state index contributed by atoms with van der Waals surface area (Å²) in [6.07, 6.45) is 7.50. The topological polar surface area (TPSA) is 12.5 Å². The molecule has 2 heterocycles. The summed E-state index contributed by atoms with van der Waals surface area (Å²) in [5.41, 5.74) is 0. The number of hydrogen-bond donors (Lipinski definition) is 0. The maximum Gasteiger partial charge on any atom is 0.130 e. The summed E-state index contributed by atoms with van der Waals surface area (Å²) in [7, 11) is 0. The molecule has 2 aliphatic heterocycles. The predicted octanol–water partition coefficient (Wildman–Crippen LogP) is 1.73. The molecule has 2 rings (SSSR count). The molecule has 0 unspecified atom stereocenters. The minimum atomic E-state index is 0.366. The SMILES string of the molecule is C[C@@H]1O[C@@H]2CCC=CN2[C@H]1C. The highest BCUT2D eigenvalue weighted by atomic mass is 16.5. The van der Waals surface area contributed by atoms with Crippen LogP contribution in [0.3, 0.4) is 0 Å². The zero-order chi connectivity index (χ0) is 7.84. The van der Waals surface area contributed by atoms with Crippen LogP contribution in [0.4, 0.5) is 0 Å². The average molecular weight is 153 g/mol. The van der Waals surface area contributed by atoms with E-state index in [0.717, 1.165) is 6.42 Å². The van der Waals surface area contributed by atoms with E-state index in [4.69, 9.17) is 4.74 Å². The first kappa shape index (κ1) is 7.17. The van der Waals surface area contributed by atoms with E-state index in [1.165, 1.54) is 6.42 Å². The average Bonchev–Trinajstić information content (AvgIpc) is 2.30.